The molecule has 2 aromatic rings. The van der Waals surface area contributed by atoms with Gasteiger partial charge in [0.05, 0.1) is 12.5 Å². The highest BCUT2D eigenvalue weighted by molar-refractivity contribution is 5.85. The molecule has 0 bridgehead atoms. The summed E-state index contributed by atoms with van der Waals surface area (Å²) >= 11 is 0. The lowest BCUT2D eigenvalue weighted by Crippen LogP contribution is -2.24. The summed E-state index contributed by atoms with van der Waals surface area (Å²) in [4.78, 5) is 10.8. The molecule has 2 aromatic carbocycles. The fourth-order valence-electron chi connectivity index (χ4n) is 2.39. The minimum absolute atomic E-state index is 0. The van der Waals surface area contributed by atoms with Crippen LogP contribution in [0, 0.1) is 0 Å². The molecule has 0 aromatic heterocycles. The molecule has 0 fully saturated rings. The van der Waals surface area contributed by atoms with Crippen LogP contribution in [0.15, 0.2) is 54.6 Å². The number of hydrogen-bond donors (Lipinski definition) is 3. The molecule has 0 aliphatic carbocycles. The van der Waals surface area contributed by atoms with Crippen LogP contribution in [-0.2, 0) is 17.6 Å². The zero-order valence-electron chi connectivity index (χ0n) is 12.8. The molecule has 0 aliphatic heterocycles. The van der Waals surface area contributed by atoms with E-state index >= 15 is 0 Å². The SMILES string of the molecule is Cl.O=C(O)Cc1ccccc1CCNCC(O)c1ccccc1. The average molecular weight is 336 g/mol. The molecule has 1 atom stereocenters. The van der Waals surface area contributed by atoms with Crippen LogP contribution in [0.3, 0.4) is 0 Å². The number of hydrogen-bond acceptors (Lipinski definition) is 3. The molecule has 0 saturated heterocycles. The molecule has 0 heterocycles. The van der Waals surface area contributed by atoms with Gasteiger partial charge in [0.15, 0.2) is 0 Å². The number of benzene rings is 2. The van der Waals surface area contributed by atoms with Gasteiger partial charge in [-0.3, -0.25) is 4.79 Å². The van der Waals surface area contributed by atoms with Gasteiger partial charge < -0.3 is 15.5 Å². The number of carbonyl (C=O) groups is 1. The maximum atomic E-state index is 10.8. The Hall–Kier alpha value is -1.88. The number of carboxylic acid groups (broad SMARTS) is 1. The first-order chi connectivity index (χ1) is 10.7. The van der Waals surface area contributed by atoms with E-state index in [0.29, 0.717) is 13.1 Å². The van der Waals surface area contributed by atoms with Crippen molar-refractivity contribution in [3.63, 3.8) is 0 Å². The van der Waals surface area contributed by atoms with Gasteiger partial charge >= 0.3 is 5.97 Å². The van der Waals surface area contributed by atoms with Gasteiger partial charge in [0.1, 0.15) is 0 Å². The summed E-state index contributed by atoms with van der Waals surface area (Å²) < 4.78 is 0. The Morgan fingerprint density at radius 1 is 1.00 bits per heavy atom. The maximum absolute atomic E-state index is 10.8. The van der Waals surface area contributed by atoms with Gasteiger partial charge in [-0.1, -0.05) is 54.6 Å². The molecule has 23 heavy (non-hydrogen) atoms. The molecule has 0 spiro atoms. The molecule has 5 heteroatoms. The number of aliphatic hydroxyl groups is 1. The number of nitrogens with one attached hydrogen (secondary N) is 1. The third kappa shape index (κ3) is 6.40. The van der Waals surface area contributed by atoms with Crippen LogP contribution in [0.25, 0.3) is 0 Å². The van der Waals surface area contributed by atoms with Crippen LogP contribution in [0.4, 0.5) is 0 Å². The first-order valence-corrected chi connectivity index (χ1v) is 7.39. The fourth-order valence-corrected chi connectivity index (χ4v) is 2.39. The third-order valence-corrected chi connectivity index (χ3v) is 3.55. The predicted octanol–water partition coefficient (Wildman–Crippen LogP) is 2.60. The Morgan fingerprint density at radius 3 is 2.26 bits per heavy atom. The number of halogens is 1. The van der Waals surface area contributed by atoms with Crippen molar-refractivity contribution in [1.29, 1.82) is 0 Å². The second kappa shape index (κ2) is 10.0. The van der Waals surface area contributed by atoms with E-state index in [2.05, 4.69) is 5.32 Å². The monoisotopic (exact) mass is 335 g/mol. The van der Waals surface area contributed by atoms with E-state index in [1.807, 2.05) is 54.6 Å². The predicted molar refractivity (Wildman–Crippen MR) is 93.0 cm³/mol. The van der Waals surface area contributed by atoms with Crippen molar-refractivity contribution in [3.05, 3.63) is 71.3 Å². The van der Waals surface area contributed by atoms with Crippen molar-refractivity contribution >= 4 is 18.4 Å². The van der Waals surface area contributed by atoms with Crippen LogP contribution in [0.1, 0.15) is 22.8 Å². The quantitative estimate of drug-likeness (QED) is 0.649. The zero-order valence-corrected chi connectivity index (χ0v) is 13.6. The number of rotatable bonds is 8. The van der Waals surface area contributed by atoms with E-state index in [1.165, 1.54) is 0 Å². The van der Waals surface area contributed by atoms with E-state index in [9.17, 15) is 9.90 Å². The van der Waals surface area contributed by atoms with Crippen LogP contribution in [-0.4, -0.2) is 29.3 Å². The lowest BCUT2D eigenvalue weighted by Gasteiger charge is -2.13. The molecule has 3 N–H and O–H groups in total. The second-order valence-corrected chi connectivity index (χ2v) is 5.22. The van der Waals surface area contributed by atoms with Crippen molar-refractivity contribution in [1.82, 2.24) is 5.32 Å². The third-order valence-electron chi connectivity index (χ3n) is 3.55. The lowest BCUT2D eigenvalue weighted by molar-refractivity contribution is -0.136. The van der Waals surface area contributed by atoms with E-state index in [1.54, 1.807) is 0 Å². The van der Waals surface area contributed by atoms with Crippen molar-refractivity contribution in [2.24, 2.45) is 0 Å². The summed E-state index contributed by atoms with van der Waals surface area (Å²) in [6, 6.07) is 17.1. The summed E-state index contributed by atoms with van der Waals surface area (Å²) in [5.41, 5.74) is 2.77. The summed E-state index contributed by atoms with van der Waals surface area (Å²) in [6.07, 6.45) is 0.254. The molecule has 4 nitrogen and oxygen atoms in total. The molecule has 0 radical (unpaired) electrons. The summed E-state index contributed by atoms with van der Waals surface area (Å²) in [6.45, 7) is 1.17. The molecule has 124 valence electrons. The van der Waals surface area contributed by atoms with Crippen LogP contribution >= 0.6 is 12.4 Å². The number of aliphatic carboxylic acids is 1. The minimum atomic E-state index is -0.820. The molecule has 0 amide bonds. The van der Waals surface area contributed by atoms with Gasteiger partial charge in [-0.15, -0.1) is 12.4 Å². The van der Waals surface area contributed by atoms with Gasteiger partial charge in [-0.05, 0) is 29.7 Å². The van der Waals surface area contributed by atoms with Crippen LogP contribution in [0.5, 0.6) is 0 Å². The Morgan fingerprint density at radius 2 is 1.61 bits per heavy atom. The van der Waals surface area contributed by atoms with Crippen molar-refractivity contribution in [3.8, 4) is 0 Å². The molecule has 0 saturated carbocycles. The highest BCUT2D eigenvalue weighted by atomic mass is 35.5. The highest BCUT2D eigenvalue weighted by Crippen LogP contribution is 2.12. The van der Waals surface area contributed by atoms with Gasteiger partial charge in [0.25, 0.3) is 0 Å². The van der Waals surface area contributed by atoms with E-state index < -0.39 is 12.1 Å². The smallest absolute Gasteiger partial charge is 0.307 e. The normalized spacial score (nSPS) is 11.5. The van der Waals surface area contributed by atoms with Crippen LogP contribution < -0.4 is 5.32 Å². The first-order valence-electron chi connectivity index (χ1n) is 7.39. The fraction of sp³-hybridized carbons (Fsp3) is 0.278. The van der Waals surface area contributed by atoms with Crippen molar-refractivity contribution in [2.75, 3.05) is 13.1 Å². The molecule has 2 rings (SSSR count). The maximum Gasteiger partial charge on any atom is 0.307 e. The Bertz CT molecular complexity index is 604. The Balaban J connectivity index is 0.00000264. The minimum Gasteiger partial charge on any atom is -0.481 e. The Labute approximate surface area is 142 Å². The number of carboxylic acids is 1. The first kappa shape index (κ1) is 19.2. The standard InChI is InChI=1S/C18H21NO3.ClH/c20-17(15-7-2-1-3-8-15)13-19-11-10-14-6-4-5-9-16(14)12-18(21)22;/h1-9,17,19-20H,10-13H2,(H,21,22);1H. The molecule has 0 aliphatic rings. The van der Waals surface area contributed by atoms with Gasteiger partial charge in [-0.25, -0.2) is 0 Å². The largest absolute Gasteiger partial charge is 0.481 e. The van der Waals surface area contributed by atoms with E-state index in [0.717, 1.165) is 23.1 Å². The number of aliphatic hydroxyl groups excluding tert-OH is 1. The summed E-state index contributed by atoms with van der Waals surface area (Å²) in [7, 11) is 0. The summed E-state index contributed by atoms with van der Waals surface area (Å²) in [5, 5.41) is 22.2. The van der Waals surface area contributed by atoms with Gasteiger partial charge in [-0.2, -0.15) is 0 Å². The molecule has 1 unspecified atom stereocenters. The Kier molecular flexibility index (Phi) is 8.33. The van der Waals surface area contributed by atoms with Gasteiger partial charge in [0.2, 0.25) is 0 Å². The second-order valence-electron chi connectivity index (χ2n) is 5.22. The molecular formula is C18H22ClNO3. The highest BCUT2D eigenvalue weighted by Gasteiger charge is 2.08. The lowest BCUT2D eigenvalue weighted by atomic mass is 10.0. The van der Waals surface area contributed by atoms with Crippen molar-refractivity contribution in [2.45, 2.75) is 18.9 Å². The van der Waals surface area contributed by atoms with Gasteiger partial charge in [0, 0.05) is 6.54 Å². The summed E-state index contributed by atoms with van der Waals surface area (Å²) in [5.74, 6) is -0.820. The topological polar surface area (TPSA) is 69.6 Å². The average Bonchev–Trinajstić information content (AvgIpc) is 2.53. The van der Waals surface area contributed by atoms with E-state index in [-0.39, 0.29) is 18.8 Å². The van der Waals surface area contributed by atoms with Crippen molar-refractivity contribution < 1.29 is 15.0 Å². The molecular weight excluding hydrogens is 314 g/mol. The zero-order chi connectivity index (χ0) is 15.8. The van der Waals surface area contributed by atoms with Crippen LogP contribution in [0.2, 0.25) is 0 Å². The van der Waals surface area contributed by atoms with E-state index in [4.69, 9.17) is 5.11 Å².